The van der Waals surface area contributed by atoms with Crippen molar-refractivity contribution in [2.45, 2.75) is 24.9 Å². The van der Waals surface area contributed by atoms with Crippen molar-refractivity contribution < 1.29 is 0 Å². The molecule has 132 valence electrons. The summed E-state index contributed by atoms with van der Waals surface area (Å²) in [5.74, 6) is 0. The van der Waals surface area contributed by atoms with Crippen LogP contribution in [0.15, 0.2) is 88.0 Å². The van der Waals surface area contributed by atoms with E-state index in [1.165, 1.54) is 0 Å². The van der Waals surface area contributed by atoms with E-state index in [1.54, 1.807) is 0 Å². The van der Waals surface area contributed by atoms with Gasteiger partial charge in [0.1, 0.15) is 0 Å². The molecule has 0 amide bonds. The standard InChI is InChI=1S/C22H22ClN3/c1-26-20-12-13-21(26)19(15-25-17-10-6-3-7-11-17)22(23)18(20)14-24-16-8-4-2-5-9-16/h2-11,14-15,20-21,24H,12-13H2,1H3/b18-14+,25-15-. The number of anilines is 1. The number of benzene rings is 2. The number of hydrogen-bond donors (Lipinski definition) is 1. The minimum atomic E-state index is 0.342. The highest BCUT2D eigenvalue weighted by molar-refractivity contribution is 6.34. The largest absolute Gasteiger partial charge is 0.361 e. The maximum atomic E-state index is 6.83. The normalized spacial score (nSPS) is 24.6. The first kappa shape index (κ1) is 17.1. The molecule has 1 saturated heterocycles. The van der Waals surface area contributed by atoms with Gasteiger partial charge in [-0.1, -0.05) is 48.0 Å². The van der Waals surface area contributed by atoms with Crippen molar-refractivity contribution >= 4 is 29.2 Å². The molecule has 1 N–H and O–H groups in total. The van der Waals surface area contributed by atoms with Crippen molar-refractivity contribution in [3.8, 4) is 0 Å². The van der Waals surface area contributed by atoms with Crippen LogP contribution in [0, 0.1) is 0 Å². The molecule has 26 heavy (non-hydrogen) atoms. The third-order valence-corrected chi connectivity index (χ3v) is 5.64. The zero-order valence-corrected chi connectivity index (χ0v) is 15.5. The summed E-state index contributed by atoms with van der Waals surface area (Å²) in [5, 5.41) is 4.22. The van der Waals surface area contributed by atoms with Crippen LogP contribution >= 0.6 is 11.6 Å². The molecule has 2 atom stereocenters. The van der Waals surface area contributed by atoms with E-state index in [0.29, 0.717) is 12.1 Å². The summed E-state index contributed by atoms with van der Waals surface area (Å²) in [6.07, 6.45) is 6.21. The Morgan fingerprint density at radius 1 is 1.00 bits per heavy atom. The van der Waals surface area contributed by atoms with Crippen molar-refractivity contribution in [3.05, 3.63) is 83.0 Å². The number of nitrogens with one attached hydrogen (secondary N) is 1. The summed E-state index contributed by atoms with van der Waals surface area (Å²) in [5.41, 5.74) is 4.25. The Balaban J connectivity index is 1.66. The summed E-state index contributed by atoms with van der Waals surface area (Å²) in [7, 11) is 2.18. The highest BCUT2D eigenvalue weighted by Gasteiger charge is 2.41. The average Bonchev–Trinajstić information content (AvgIpc) is 2.98. The number of aliphatic imine (C=N–C) groups is 1. The lowest BCUT2D eigenvalue weighted by Crippen LogP contribution is -2.39. The maximum absolute atomic E-state index is 6.83. The van der Waals surface area contributed by atoms with Gasteiger partial charge in [0.25, 0.3) is 0 Å². The summed E-state index contributed by atoms with van der Waals surface area (Å²) in [6, 6.07) is 20.9. The quantitative estimate of drug-likeness (QED) is 0.741. The molecule has 2 aromatic rings. The van der Waals surface area contributed by atoms with E-state index < -0.39 is 0 Å². The van der Waals surface area contributed by atoms with Gasteiger partial charge in [0.15, 0.2) is 0 Å². The average molecular weight is 364 g/mol. The first-order valence-corrected chi connectivity index (χ1v) is 9.34. The fraction of sp³-hybridized carbons (Fsp3) is 0.227. The monoisotopic (exact) mass is 363 g/mol. The molecule has 2 unspecified atom stereocenters. The number of halogens is 1. The molecular formula is C22H22ClN3. The summed E-state index contributed by atoms with van der Waals surface area (Å²) >= 11 is 6.83. The van der Waals surface area contributed by atoms with Crippen LogP contribution in [0.1, 0.15) is 12.8 Å². The molecule has 0 saturated carbocycles. The van der Waals surface area contributed by atoms with E-state index in [-0.39, 0.29) is 0 Å². The Morgan fingerprint density at radius 3 is 2.38 bits per heavy atom. The Morgan fingerprint density at radius 2 is 1.65 bits per heavy atom. The fourth-order valence-corrected chi connectivity index (χ4v) is 4.16. The Hall–Kier alpha value is -2.36. The first-order chi connectivity index (χ1) is 12.7. The SMILES string of the molecule is CN1C2CCC1/C(=C\Nc1ccccc1)C(Cl)=C2/C=N\c1ccccc1. The van der Waals surface area contributed by atoms with Gasteiger partial charge < -0.3 is 5.32 Å². The molecule has 4 heteroatoms. The smallest absolute Gasteiger partial charge is 0.0629 e. The molecule has 0 aromatic heterocycles. The van der Waals surface area contributed by atoms with Crippen LogP contribution in [-0.4, -0.2) is 30.2 Å². The van der Waals surface area contributed by atoms with Gasteiger partial charge in [-0.05, 0) is 44.2 Å². The van der Waals surface area contributed by atoms with E-state index in [2.05, 4.69) is 40.6 Å². The summed E-state index contributed by atoms with van der Waals surface area (Å²) in [4.78, 5) is 7.06. The second-order valence-electron chi connectivity index (χ2n) is 6.75. The number of likely N-dealkylation sites (N-methyl/N-ethyl adjacent to an activating group) is 1. The molecule has 3 nitrogen and oxygen atoms in total. The predicted octanol–water partition coefficient (Wildman–Crippen LogP) is 5.35. The van der Waals surface area contributed by atoms with Gasteiger partial charge >= 0.3 is 0 Å². The van der Waals surface area contributed by atoms with Crippen LogP contribution < -0.4 is 5.32 Å². The molecule has 4 rings (SSSR count). The van der Waals surface area contributed by atoms with Crippen molar-refractivity contribution in [1.29, 1.82) is 0 Å². The highest BCUT2D eigenvalue weighted by Crippen LogP contribution is 2.42. The Bertz CT molecular complexity index is 855. The molecule has 2 bridgehead atoms. The number of fused-ring (bicyclic) bond motifs is 2. The van der Waals surface area contributed by atoms with E-state index in [9.17, 15) is 0 Å². The van der Waals surface area contributed by atoms with Gasteiger partial charge in [-0.3, -0.25) is 9.89 Å². The number of rotatable bonds is 4. The van der Waals surface area contributed by atoms with Gasteiger partial charge in [-0.15, -0.1) is 0 Å². The van der Waals surface area contributed by atoms with Gasteiger partial charge in [0, 0.05) is 41.3 Å². The molecule has 0 spiro atoms. The minimum Gasteiger partial charge on any atom is -0.361 e. The Kier molecular flexibility index (Phi) is 4.91. The van der Waals surface area contributed by atoms with E-state index in [0.717, 1.165) is 40.4 Å². The number of para-hydroxylation sites is 2. The number of hydrogen-bond acceptors (Lipinski definition) is 3. The number of nitrogens with zero attached hydrogens (tertiary/aromatic N) is 2. The molecule has 2 aromatic carbocycles. The van der Waals surface area contributed by atoms with E-state index in [4.69, 9.17) is 11.6 Å². The second-order valence-corrected chi connectivity index (χ2v) is 7.13. The lowest BCUT2D eigenvalue weighted by Gasteiger charge is -2.34. The summed E-state index contributed by atoms with van der Waals surface area (Å²) in [6.45, 7) is 0. The third-order valence-electron chi connectivity index (χ3n) is 5.20. The van der Waals surface area contributed by atoms with Gasteiger partial charge in [0.2, 0.25) is 0 Å². The van der Waals surface area contributed by atoms with E-state index in [1.807, 2.05) is 54.7 Å². The van der Waals surface area contributed by atoms with Crippen molar-refractivity contribution in [2.24, 2.45) is 4.99 Å². The lowest BCUT2D eigenvalue weighted by atomic mass is 9.98. The van der Waals surface area contributed by atoms with Crippen LogP contribution in [0.25, 0.3) is 0 Å². The van der Waals surface area contributed by atoms with Crippen molar-refractivity contribution in [2.75, 3.05) is 12.4 Å². The Labute approximate surface area is 159 Å². The van der Waals surface area contributed by atoms with Crippen LogP contribution in [0.3, 0.4) is 0 Å². The van der Waals surface area contributed by atoms with Crippen LogP contribution in [0.2, 0.25) is 0 Å². The fourth-order valence-electron chi connectivity index (χ4n) is 3.81. The van der Waals surface area contributed by atoms with Crippen molar-refractivity contribution in [3.63, 3.8) is 0 Å². The first-order valence-electron chi connectivity index (χ1n) is 8.97. The second kappa shape index (κ2) is 7.48. The molecule has 1 fully saturated rings. The predicted molar refractivity (Wildman–Crippen MR) is 110 cm³/mol. The molecular weight excluding hydrogens is 342 g/mol. The molecule has 0 aliphatic carbocycles. The zero-order chi connectivity index (χ0) is 17.9. The van der Waals surface area contributed by atoms with Crippen LogP contribution in [0.5, 0.6) is 0 Å². The highest BCUT2D eigenvalue weighted by atomic mass is 35.5. The van der Waals surface area contributed by atoms with Crippen LogP contribution in [-0.2, 0) is 0 Å². The van der Waals surface area contributed by atoms with Crippen LogP contribution in [0.4, 0.5) is 11.4 Å². The van der Waals surface area contributed by atoms with Crippen molar-refractivity contribution in [1.82, 2.24) is 4.90 Å². The minimum absolute atomic E-state index is 0.342. The molecule has 0 radical (unpaired) electrons. The topological polar surface area (TPSA) is 27.6 Å². The van der Waals surface area contributed by atoms with Gasteiger partial charge in [-0.25, -0.2) is 0 Å². The van der Waals surface area contributed by atoms with E-state index >= 15 is 0 Å². The molecule has 2 heterocycles. The van der Waals surface area contributed by atoms with Gasteiger partial charge in [-0.2, -0.15) is 0 Å². The van der Waals surface area contributed by atoms with Gasteiger partial charge in [0.05, 0.1) is 10.7 Å². The summed E-state index contributed by atoms with van der Waals surface area (Å²) < 4.78 is 0. The maximum Gasteiger partial charge on any atom is 0.0629 e. The molecule has 2 aliphatic heterocycles. The zero-order valence-electron chi connectivity index (χ0n) is 14.8. The molecule has 2 aliphatic rings. The third kappa shape index (κ3) is 3.33. The lowest BCUT2D eigenvalue weighted by molar-refractivity contribution is 0.287.